The molecule has 20 heavy (non-hydrogen) atoms. The summed E-state index contributed by atoms with van der Waals surface area (Å²) in [7, 11) is 0. The number of rotatable bonds is 2. The van der Waals surface area contributed by atoms with Crippen molar-refractivity contribution in [2.45, 2.75) is 12.5 Å². The van der Waals surface area contributed by atoms with Crippen LogP contribution in [0, 0.1) is 20.2 Å². The summed E-state index contributed by atoms with van der Waals surface area (Å²) >= 11 is 0. The molecule has 0 N–H and O–H groups in total. The summed E-state index contributed by atoms with van der Waals surface area (Å²) in [5.74, 6) is 0. The molecule has 6 heteroatoms. The molecule has 0 unspecified atom stereocenters. The quantitative estimate of drug-likeness (QED) is 0.619. The van der Waals surface area contributed by atoms with Gasteiger partial charge in [0.2, 0.25) is 0 Å². The topological polar surface area (TPSA) is 86.3 Å². The molecule has 0 bridgehead atoms. The third-order valence-electron chi connectivity index (χ3n) is 3.85. The zero-order chi connectivity index (χ0) is 14.5. The molecule has 0 aromatic heterocycles. The smallest absolute Gasteiger partial charge is 0.263 e. The molecular formula is C14H10N2O4. The number of nitro benzene ring substituents is 1. The average Bonchev–Trinajstić information content (AvgIpc) is 2.70. The summed E-state index contributed by atoms with van der Waals surface area (Å²) in [6.45, 7) is 1.49. The molecule has 2 aromatic carbocycles. The van der Waals surface area contributed by atoms with Gasteiger partial charge in [0, 0.05) is 35.1 Å². The van der Waals surface area contributed by atoms with Gasteiger partial charge in [0.05, 0.1) is 4.92 Å². The monoisotopic (exact) mass is 270 g/mol. The fraction of sp³-hybridized carbons (Fsp3) is 0.143. The second-order valence-electron chi connectivity index (χ2n) is 4.86. The first-order chi connectivity index (χ1) is 9.46. The highest BCUT2D eigenvalue weighted by Gasteiger charge is 2.50. The number of fused-ring (bicyclic) bond motifs is 3. The van der Waals surface area contributed by atoms with Crippen LogP contribution in [0.5, 0.6) is 0 Å². The van der Waals surface area contributed by atoms with Gasteiger partial charge in [-0.15, -0.1) is 0 Å². The maximum atomic E-state index is 11.6. The number of hydrogen-bond acceptors (Lipinski definition) is 4. The van der Waals surface area contributed by atoms with Crippen molar-refractivity contribution < 1.29 is 9.85 Å². The van der Waals surface area contributed by atoms with Crippen molar-refractivity contribution in [3.63, 3.8) is 0 Å². The Kier molecular flexibility index (Phi) is 2.37. The van der Waals surface area contributed by atoms with Crippen LogP contribution in [-0.2, 0) is 5.54 Å². The molecule has 0 spiro atoms. The molecule has 0 saturated carbocycles. The molecule has 0 radical (unpaired) electrons. The fourth-order valence-corrected chi connectivity index (χ4v) is 2.77. The van der Waals surface area contributed by atoms with Crippen LogP contribution in [0.4, 0.5) is 5.69 Å². The van der Waals surface area contributed by atoms with Gasteiger partial charge in [-0.3, -0.25) is 20.2 Å². The number of nitro groups is 2. The molecule has 1 aliphatic carbocycles. The average molecular weight is 270 g/mol. The largest absolute Gasteiger partial charge is 0.270 e. The lowest BCUT2D eigenvalue weighted by molar-refractivity contribution is -0.560. The summed E-state index contributed by atoms with van der Waals surface area (Å²) in [5.41, 5.74) is 0.808. The van der Waals surface area contributed by atoms with E-state index in [-0.39, 0.29) is 10.6 Å². The van der Waals surface area contributed by atoms with Crippen LogP contribution in [-0.4, -0.2) is 9.85 Å². The van der Waals surface area contributed by atoms with Crippen molar-refractivity contribution in [1.82, 2.24) is 0 Å². The van der Waals surface area contributed by atoms with Crippen molar-refractivity contribution in [1.29, 1.82) is 0 Å². The number of benzene rings is 2. The third kappa shape index (κ3) is 1.38. The maximum Gasteiger partial charge on any atom is 0.270 e. The minimum absolute atomic E-state index is 0.135. The predicted octanol–water partition coefficient (Wildman–Crippen LogP) is 3.12. The Morgan fingerprint density at radius 2 is 1.60 bits per heavy atom. The van der Waals surface area contributed by atoms with Crippen LogP contribution in [0.15, 0.2) is 42.5 Å². The molecule has 0 fully saturated rings. The van der Waals surface area contributed by atoms with Crippen molar-refractivity contribution >= 4 is 5.69 Å². The molecule has 0 saturated heterocycles. The molecule has 100 valence electrons. The van der Waals surface area contributed by atoms with Crippen LogP contribution in [0.2, 0.25) is 0 Å². The van der Waals surface area contributed by atoms with E-state index in [0.29, 0.717) is 16.7 Å². The maximum absolute atomic E-state index is 11.6. The Labute approximate surface area is 114 Å². The summed E-state index contributed by atoms with van der Waals surface area (Å²) < 4.78 is 0. The van der Waals surface area contributed by atoms with E-state index in [2.05, 4.69) is 0 Å². The molecule has 1 atom stereocenters. The summed E-state index contributed by atoms with van der Waals surface area (Å²) in [6, 6.07) is 11.3. The van der Waals surface area contributed by atoms with Crippen LogP contribution in [0.3, 0.4) is 0 Å². The number of non-ortho nitro benzene ring substituents is 1. The van der Waals surface area contributed by atoms with E-state index >= 15 is 0 Å². The van der Waals surface area contributed by atoms with Gasteiger partial charge in [-0.2, -0.15) is 0 Å². The molecule has 1 aliphatic rings. The molecule has 0 amide bonds. The molecule has 6 nitrogen and oxygen atoms in total. The highest BCUT2D eigenvalue weighted by atomic mass is 16.6. The number of nitrogens with zero attached hydrogens (tertiary/aromatic N) is 2. The van der Waals surface area contributed by atoms with E-state index in [1.54, 1.807) is 30.3 Å². The summed E-state index contributed by atoms with van der Waals surface area (Å²) in [6.07, 6.45) is 0. The van der Waals surface area contributed by atoms with E-state index in [1.807, 2.05) is 0 Å². The zero-order valence-electron chi connectivity index (χ0n) is 10.6. The van der Waals surface area contributed by atoms with E-state index in [1.165, 1.54) is 19.1 Å². The minimum atomic E-state index is -1.45. The Morgan fingerprint density at radius 3 is 2.25 bits per heavy atom. The van der Waals surface area contributed by atoms with Gasteiger partial charge in [0.15, 0.2) is 0 Å². The zero-order valence-corrected chi connectivity index (χ0v) is 10.6. The Bertz CT molecular complexity index is 757. The van der Waals surface area contributed by atoms with Gasteiger partial charge >= 0.3 is 0 Å². The molecule has 3 rings (SSSR count). The highest BCUT2D eigenvalue weighted by molar-refractivity contribution is 5.80. The molecule has 2 aromatic rings. The van der Waals surface area contributed by atoms with Crippen molar-refractivity contribution in [3.05, 3.63) is 73.8 Å². The molecular weight excluding hydrogens is 260 g/mol. The van der Waals surface area contributed by atoms with Crippen molar-refractivity contribution in [3.8, 4) is 11.1 Å². The SMILES string of the molecule is C[C@]1([N+](=O)[O-])c2ccccc2-c2ccc([N+](=O)[O-])cc21. The second kappa shape index (κ2) is 3.86. The number of hydrogen-bond donors (Lipinski definition) is 0. The normalized spacial score (nSPS) is 19.2. The third-order valence-corrected chi connectivity index (χ3v) is 3.85. The van der Waals surface area contributed by atoms with Crippen LogP contribution < -0.4 is 0 Å². The minimum Gasteiger partial charge on any atom is -0.263 e. The first kappa shape index (κ1) is 12.3. The molecule has 0 heterocycles. The van der Waals surface area contributed by atoms with Crippen molar-refractivity contribution in [2.24, 2.45) is 0 Å². The molecule has 0 aliphatic heterocycles. The lowest BCUT2D eigenvalue weighted by Crippen LogP contribution is -2.30. The lowest BCUT2D eigenvalue weighted by Gasteiger charge is -2.17. The van der Waals surface area contributed by atoms with E-state index < -0.39 is 10.5 Å². The van der Waals surface area contributed by atoms with Crippen LogP contribution in [0.1, 0.15) is 18.1 Å². The van der Waals surface area contributed by atoms with Gasteiger partial charge in [-0.1, -0.05) is 24.3 Å². The highest BCUT2D eigenvalue weighted by Crippen LogP contribution is 2.49. The van der Waals surface area contributed by atoms with Crippen LogP contribution in [0.25, 0.3) is 11.1 Å². The summed E-state index contributed by atoms with van der Waals surface area (Å²) in [4.78, 5) is 21.5. The Hall–Kier alpha value is -2.76. The van der Waals surface area contributed by atoms with E-state index in [9.17, 15) is 20.2 Å². The predicted molar refractivity (Wildman–Crippen MR) is 72.0 cm³/mol. The van der Waals surface area contributed by atoms with Crippen LogP contribution >= 0.6 is 0 Å². The van der Waals surface area contributed by atoms with Crippen molar-refractivity contribution in [2.75, 3.05) is 0 Å². The first-order valence-corrected chi connectivity index (χ1v) is 5.99. The fourth-order valence-electron chi connectivity index (χ4n) is 2.77. The standard InChI is InChI=1S/C14H10N2O4/c1-14(16(19)20)12-5-3-2-4-10(12)11-7-6-9(15(17)18)8-13(11)14/h2-8H,1H3/t14-/m0/s1. The van der Waals surface area contributed by atoms with Gasteiger partial charge in [0.1, 0.15) is 0 Å². The Morgan fingerprint density at radius 1 is 0.950 bits per heavy atom. The second-order valence-corrected chi connectivity index (χ2v) is 4.86. The Balaban J connectivity index is 2.37. The van der Waals surface area contributed by atoms with E-state index in [4.69, 9.17) is 0 Å². The summed E-state index contributed by atoms with van der Waals surface area (Å²) in [5, 5.41) is 22.5. The first-order valence-electron chi connectivity index (χ1n) is 5.99. The van der Waals surface area contributed by atoms with Gasteiger partial charge in [0.25, 0.3) is 11.2 Å². The lowest BCUT2D eigenvalue weighted by atomic mass is 9.90. The van der Waals surface area contributed by atoms with E-state index in [0.717, 1.165) is 5.56 Å². The van der Waals surface area contributed by atoms with Gasteiger partial charge in [-0.25, -0.2) is 0 Å². The van der Waals surface area contributed by atoms with Gasteiger partial charge < -0.3 is 0 Å². The van der Waals surface area contributed by atoms with Gasteiger partial charge in [-0.05, 0) is 17.2 Å².